The average Bonchev–Trinajstić information content (AvgIpc) is 2.96. The Labute approximate surface area is 138 Å². The van der Waals surface area contributed by atoms with Crippen LogP contribution in [0.4, 0.5) is 5.13 Å². The molecule has 1 heterocycles. The Morgan fingerprint density at radius 1 is 0.957 bits per heavy atom. The molecular formula is C18H16N2O2S. The predicted molar refractivity (Wildman–Crippen MR) is 93.5 cm³/mol. The van der Waals surface area contributed by atoms with E-state index in [1.54, 1.807) is 24.3 Å². The third-order valence-electron chi connectivity index (χ3n) is 3.72. The lowest BCUT2D eigenvalue weighted by Gasteiger charge is -2.02. The second-order valence-electron chi connectivity index (χ2n) is 5.48. The number of benzene rings is 2. The summed E-state index contributed by atoms with van der Waals surface area (Å²) in [6.07, 6.45) is 0. The molecule has 0 aliphatic heterocycles. The Morgan fingerprint density at radius 3 is 2.17 bits per heavy atom. The van der Waals surface area contributed by atoms with Gasteiger partial charge in [0.15, 0.2) is 10.9 Å². The van der Waals surface area contributed by atoms with Gasteiger partial charge < -0.3 is 0 Å². The van der Waals surface area contributed by atoms with E-state index in [9.17, 15) is 9.59 Å². The summed E-state index contributed by atoms with van der Waals surface area (Å²) in [6.45, 7) is 5.54. The zero-order chi connectivity index (χ0) is 16.6. The van der Waals surface area contributed by atoms with Crippen molar-refractivity contribution in [3.8, 4) is 0 Å². The number of ketones is 1. The fourth-order valence-electron chi connectivity index (χ4n) is 2.34. The van der Waals surface area contributed by atoms with Crippen LogP contribution in [0.15, 0.2) is 36.4 Å². The van der Waals surface area contributed by atoms with Gasteiger partial charge in [-0.2, -0.15) is 0 Å². The maximum atomic E-state index is 12.3. The molecule has 5 heteroatoms. The number of rotatable bonds is 3. The van der Waals surface area contributed by atoms with Crippen LogP contribution < -0.4 is 5.32 Å². The Bertz CT molecular complexity index is 872. The third-order valence-corrected chi connectivity index (χ3v) is 4.82. The first-order valence-electron chi connectivity index (χ1n) is 7.25. The van der Waals surface area contributed by atoms with Crippen LogP contribution in [0.25, 0.3) is 10.2 Å². The van der Waals surface area contributed by atoms with Crippen LogP contribution in [0.1, 0.15) is 38.8 Å². The number of nitrogens with one attached hydrogen (secondary N) is 1. The summed E-state index contributed by atoms with van der Waals surface area (Å²) in [4.78, 5) is 28.1. The standard InChI is InChI=1S/C18H16N2O2S/c1-10-4-5-11(2)16-15(10)19-18(23-16)20-17(22)14-8-6-13(7-9-14)12(3)21/h4-9H,1-3H3,(H,19,20,22). The second-order valence-corrected chi connectivity index (χ2v) is 6.48. The van der Waals surface area contributed by atoms with E-state index in [0.29, 0.717) is 16.3 Å². The van der Waals surface area contributed by atoms with Gasteiger partial charge in [-0.1, -0.05) is 35.6 Å². The van der Waals surface area contributed by atoms with E-state index in [2.05, 4.69) is 16.4 Å². The first-order valence-corrected chi connectivity index (χ1v) is 8.06. The quantitative estimate of drug-likeness (QED) is 0.728. The monoisotopic (exact) mass is 324 g/mol. The summed E-state index contributed by atoms with van der Waals surface area (Å²) >= 11 is 1.47. The van der Waals surface area contributed by atoms with Crippen molar-refractivity contribution in [3.05, 3.63) is 58.7 Å². The fraction of sp³-hybridized carbons (Fsp3) is 0.167. The van der Waals surface area contributed by atoms with Crippen LogP contribution in [-0.2, 0) is 0 Å². The highest BCUT2D eigenvalue weighted by molar-refractivity contribution is 7.22. The van der Waals surface area contributed by atoms with Crippen molar-refractivity contribution in [3.63, 3.8) is 0 Å². The van der Waals surface area contributed by atoms with E-state index < -0.39 is 0 Å². The molecule has 0 aliphatic carbocycles. The van der Waals surface area contributed by atoms with Gasteiger partial charge in [-0.25, -0.2) is 4.98 Å². The van der Waals surface area contributed by atoms with Gasteiger partial charge in [-0.05, 0) is 44.0 Å². The normalized spacial score (nSPS) is 10.7. The highest BCUT2D eigenvalue weighted by atomic mass is 32.1. The van der Waals surface area contributed by atoms with Gasteiger partial charge >= 0.3 is 0 Å². The molecule has 1 amide bonds. The SMILES string of the molecule is CC(=O)c1ccc(C(=O)Nc2nc3c(C)ccc(C)c3s2)cc1. The number of anilines is 1. The zero-order valence-electron chi connectivity index (χ0n) is 13.1. The first kappa shape index (κ1) is 15.4. The lowest BCUT2D eigenvalue weighted by molar-refractivity contribution is 0.101. The van der Waals surface area contributed by atoms with E-state index in [4.69, 9.17) is 0 Å². The number of Topliss-reactive ketones (excluding diaryl/α,β-unsaturated/α-hetero) is 1. The van der Waals surface area contributed by atoms with Crippen molar-refractivity contribution in [1.82, 2.24) is 4.98 Å². The van der Waals surface area contributed by atoms with Gasteiger partial charge in [-0.15, -0.1) is 0 Å². The minimum Gasteiger partial charge on any atom is -0.298 e. The molecule has 0 aliphatic rings. The van der Waals surface area contributed by atoms with E-state index in [0.717, 1.165) is 21.3 Å². The topological polar surface area (TPSA) is 59.1 Å². The molecule has 4 nitrogen and oxygen atoms in total. The van der Waals surface area contributed by atoms with Crippen molar-refractivity contribution in [2.75, 3.05) is 5.32 Å². The second kappa shape index (κ2) is 5.93. The van der Waals surface area contributed by atoms with Crippen LogP contribution in [0.2, 0.25) is 0 Å². The van der Waals surface area contributed by atoms with Crippen molar-refractivity contribution in [2.24, 2.45) is 0 Å². The summed E-state index contributed by atoms with van der Waals surface area (Å²) in [5.41, 5.74) is 4.26. The van der Waals surface area contributed by atoms with E-state index >= 15 is 0 Å². The van der Waals surface area contributed by atoms with E-state index in [1.807, 2.05) is 19.9 Å². The van der Waals surface area contributed by atoms with Crippen molar-refractivity contribution in [1.29, 1.82) is 0 Å². The molecule has 0 bridgehead atoms. The molecule has 0 saturated carbocycles. The largest absolute Gasteiger partial charge is 0.298 e. The molecule has 3 rings (SSSR count). The van der Waals surface area contributed by atoms with Gasteiger partial charge in [-0.3, -0.25) is 14.9 Å². The van der Waals surface area contributed by atoms with Crippen LogP contribution in [0.3, 0.4) is 0 Å². The summed E-state index contributed by atoms with van der Waals surface area (Å²) in [7, 11) is 0. The number of carbonyl (C=O) groups excluding carboxylic acids is 2. The number of hydrogen-bond acceptors (Lipinski definition) is 4. The van der Waals surface area contributed by atoms with Gasteiger partial charge in [0.2, 0.25) is 0 Å². The molecular weight excluding hydrogens is 308 g/mol. The van der Waals surface area contributed by atoms with Gasteiger partial charge in [0, 0.05) is 11.1 Å². The highest BCUT2D eigenvalue weighted by Gasteiger charge is 2.12. The molecule has 0 atom stereocenters. The van der Waals surface area contributed by atoms with Gasteiger partial charge in [0.05, 0.1) is 10.2 Å². The molecule has 0 radical (unpaired) electrons. The number of thiazole rings is 1. The Morgan fingerprint density at radius 2 is 1.57 bits per heavy atom. The van der Waals surface area contributed by atoms with Crippen molar-refractivity contribution < 1.29 is 9.59 Å². The number of hydrogen-bond donors (Lipinski definition) is 1. The highest BCUT2D eigenvalue weighted by Crippen LogP contribution is 2.31. The van der Waals surface area contributed by atoms with E-state index in [1.165, 1.54) is 18.3 Å². The lowest BCUT2D eigenvalue weighted by Crippen LogP contribution is -2.11. The Hall–Kier alpha value is -2.53. The number of carbonyl (C=O) groups is 2. The summed E-state index contributed by atoms with van der Waals surface area (Å²) in [6, 6.07) is 10.7. The number of aromatic nitrogens is 1. The van der Waals surface area contributed by atoms with Crippen LogP contribution in [0.5, 0.6) is 0 Å². The minimum atomic E-state index is -0.227. The van der Waals surface area contributed by atoms with Crippen molar-refractivity contribution >= 4 is 38.4 Å². The molecule has 23 heavy (non-hydrogen) atoms. The molecule has 0 spiro atoms. The summed E-state index contributed by atoms with van der Waals surface area (Å²) in [5, 5.41) is 3.42. The molecule has 1 N–H and O–H groups in total. The summed E-state index contributed by atoms with van der Waals surface area (Å²) in [5.74, 6) is -0.247. The lowest BCUT2D eigenvalue weighted by atomic mass is 10.1. The third kappa shape index (κ3) is 3.00. The van der Waals surface area contributed by atoms with Crippen molar-refractivity contribution in [2.45, 2.75) is 20.8 Å². The molecule has 0 fully saturated rings. The van der Waals surface area contributed by atoms with Crippen LogP contribution >= 0.6 is 11.3 Å². The number of amides is 1. The van der Waals surface area contributed by atoms with Crippen LogP contribution in [-0.4, -0.2) is 16.7 Å². The van der Waals surface area contributed by atoms with Gasteiger partial charge in [0.1, 0.15) is 0 Å². The molecule has 1 aromatic heterocycles. The Kier molecular flexibility index (Phi) is 3.96. The van der Waals surface area contributed by atoms with Crippen LogP contribution in [0, 0.1) is 13.8 Å². The zero-order valence-corrected chi connectivity index (χ0v) is 14.0. The maximum absolute atomic E-state index is 12.3. The number of aryl methyl sites for hydroxylation is 2. The molecule has 0 unspecified atom stereocenters. The molecule has 2 aromatic carbocycles. The molecule has 0 saturated heterocycles. The fourth-order valence-corrected chi connectivity index (χ4v) is 3.34. The maximum Gasteiger partial charge on any atom is 0.257 e. The predicted octanol–water partition coefficient (Wildman–Crippen LogP) is 4.37. The first-order chi connectivity index (χ1) is 11.0. The number of nitrogens with zero attached hydrogens (tertiary/aromatic N) is 1. The minimum absolute atomic E-state index is 0.0194. The van der Waals surface area contributed by atoms with Gasteiger partial charge in [0.25, 0.3) is 5.91 Å². The Balaban J connectivity index is 1.86. The average molecular weight is 324 g/mol. The number of fused-ring (bicyclic) bond motifs is 1. The summed E-state index contributed by atoms with van der Waals surface area (Å²) < 4.78 is 1.09. The smallest absolute Gasteiger partial charge is 0.257 e. The molecule has 3 aromatic rings. The molecule has 116 valence electrons. The van der Waals surface area contributed by atoms with E-state index in [-0.39, 0.29) is 11.7 Å².